The number of nitrogens with one attached hydrogen (secondary N) is 1. The molecule has 0 fully saturated rings. The van der Waals surface area contributed by atoms with Crippen LogP contribution in [0, 0.1) is 0 Å². The Balaban J connectivity index is 2.75. The molecule has 0 aliphatic rings. The Morgan fingerprint density at radius 1 is 1.38 bits per heavy atom. The van der Waals surface area contributed by atoms with Crippen molar-refractivity contribution in [1.82, 2.24) is 0 Å². The highest BCUT2D eigenvalue weighted by molar-refractivity contribution is 7.92. The van der Waals surface area contributed by atoms with E-state index in [1.54, 1.807) is 13.0 Å². The van der Waals surface area contributed by atoms with Crippen molar-refractivity contribution in [1.29, 1.82) is 0 Å². The lowest BCUT2D eigenvalue weighted by Gasteiger charge is -2.07. The van der Waals surface area contributed by atoms with E-state index < -0.39 is 10.0 Å². The standard InChI is InChI=1S/C11H18N2O2S/c1-2-16(14,15)13-11-7-3-5-10(9-11)6-4-8-12/h3,5,7,9,13H,2,4,6,8,12H2,1H3. The summed E-state index contributed by atoms with van der Waals surface area (Å²) >= 11 is 0. The van der Waals surface area contributed by atoms with E-state index in [0.29, 0.717) is 12.2 Å². The quantitative estimate of drug-likeness (QED) is 0.790. The third-order valence-corrected chi connectivity index (χ3v) is 3.56. The lowest BCUT2D eigenvalue weighted by molar-refractivity contribution is 0.602. The SMILES string of the molecule is CCS(=O)(=O)Nc1cccc(CCCN)c1. The van der Waals surface area contributed by atoms with Crippen LogP contribution in [0.1, 0.15) is 18.9 Å². The van der Waals surface area contributed by atoms with Gasteiger partial charge in [-0.15, -0.1) is 0 Å². The highest BCUT2D eigenvalue weighted by atomic mass is 32.2. The lowest BCUT2D eigenvalue weighted by atomic mass is 10.1. The molecule has 0 atom stereocenters. The average molecular weight is 242 g/mol. The summed E-state index contributed by atoms with van der Waals surface area (Å²) in [7, 11) is -3.18. The molecular weight excluding hydrogens is 224 g/mol. The summed E-state index contributed by atoms with van der Waals surface area (Å²) in [6, 6.07) is 7.42. The van der Waals surface area contributed by atoms with Crippen LogP contribution in [-0.4, -0.2) is 20.7 Å². The minimum absolute atomic E-state index is 0.0834. The minimum Gasteiger partial charge on any atom is -0.330 e. The molecule has 1 aromatic rings. The van der Waals surface area contributed by atoms with E-state index >= 15 is 0 Å². The largest absolute Gasteiger partial charge is 0.330 e. The molecule has 0 aromatic heterocycles. The smallest absolute Gasteiger partial charge is 0.232 e. The third kappa shape index (κ3) is 4.20. The first-order valence-electron chi connectivity index (χ1n) is 5.37. The van der Waals surface area contributed by atoms with Crippen LogP contribution in [-0.2, 0) is 16.4 Å². The van der Waals surface area contributed by atoms with Crippen LogP contribution in [0.25, 0.3) is 0 Å². The van der Waals surface area contributed by atoms with E-state index in [1.807, 2.05) is 18.2 Å². The first kappa shape index (κ1) is 13.0. The van der Waals surface area contributed by atoms with Crippen LogP contribution in [0.5, 0.6) is 0 Å². The number of hydrogen-bond acceptors (Lipinski definition) is 3. The summed E-state index contributed by atoms with van der Waals surface area (Å²) in [5, 5.41) is 0. The molecule has 0 heterocycles. The van der Waals surface area contributed by atoms with Crippen LogP contribution in [0.15, 0.2) is 24.3 Å². The van der Waals surface area contributed by atoms with Crippen LogP contribution >= 0.6 is 0 Å². The molecule has 1 aromatic carbocycles. The lowest BCUT2D eigenvalue weighted by Crippen LogP contribution is -2.14. The van der Waals surface area contributed by atoms with Gasteiger partial charge in [0.15, 0.2) is 0 Å². The Hall–Kier alpha value is -1.07. The van der Waals surface area contributed by atoms with Crippen LogP contribution < -0.4 is 10.5 Å². The topological polar surface area (TPSA) is 72.2 Å². The van der Waals surface area contributed by atoms with Crippen molar-refractivity contribution in [3.63, 3.8) is 0 Å². The highest BCUT2D eigenvalue weighted by Gasteiger charge is 2.06. The number of benzene rings is 1. The maximum atomic E-state index is 11.4. The Morgan fingerprint density at radius 3 is 2.75 bits per heavy atom. The van der Waals surface area contributed by atoms with Gasteiger partial charge in [0.25, 0.3) is 0 Å². The van der Waals surface area contributed by atoms with Crippen molar-refractivity contribution in [2.75, 3.05) is 17.0 Å². The van der Waals surface area contributed by atoms with Crippen molar-refractivity contribution >= 4 is 15.7 Å². The predicted octanol–water partition coefficient (Wildman–Crippen LogP) is 1.34. The highest BCUT2D eigenvalue weighted by Crippen LogP contribution is 2.13. The van der Waals surface area contributed by atoms with Crippen LogP contribution in [0.3, 0.4) is 0 Å². The van der Waals surface area contributed by atoms with Gasteiger partial charge in [-0.25, -0.2) is 8.42 Å². The molecule has 0 aliphatic carbocycles. The number of aryl methyl sites for hydroxylation is 1. The molecular formula is C11H18N2O2S. The fraction of sp³-hybridized carbons (Fsp3) is 0.455. The number of anilines is 1. The van der Waals surface area contributed by atoms with E-state index in [-0.39, 0.29) is 5.75 Å². The molecule has 1 rings (SSSR count). The van der Waals surface area contributed by atoms with Gasteiger partial charge in [0.1, 0.15) is 0 Å². The van der Waals surface area contributed by atoms with Gasteiger partial charge < -0.3 is 5.73 Å². The number of sulfonamides is 1. The molecule has 16 heavy (non-hydrogen) atoms. The van der Waals surface area contributed by atoms with Gasteiger partial charge in [0.05, 0.1) is 5.75 Å². The van der Waals surface area contributed by atoms with Gasteiger partial charge in [-0.3, -0.25) is 4.72 Å². The van der Waals surface area contributed by atoms with Crippen molar-refractivity contribution in [2.24, 2.45) is 5.73 Å². The fourth-order valence-electron chi connectivity index (χ4n) is 1.35. The maximum Gasteiger partial charge on any atom is 0.232 e. The summed E-state index contributed by atoms with van der Waals surface area (Å²) < 4.78 is 25.3. The molecule has 0 saturated carbocycles. The van der Waals surface area contributed by atoms with E-state index in [1.165, 1.54) is 0 Å². The Kier molecular flexibility index (Phi) is 4.76. The molecule has 0 amide bonds. The Morgan fingerprint density at radius 2 is 2.12 bits per heavy atom. The zero-order valence-electron chi connectivity index (χ0n) is 9.44. The van der Waals surface area contributed by atoms with E-state index in [2.05, 4.69) is 4.72 Å². The summed E-state index contributed by atoms with van der Waals surface area (Å²) in [4.78, 5) is 0. The van der Waals surface area contributed by atoms with Crippen molar-refractivity contribution < 1.29 is 8.42 Å². The summed E-state index contributed by atoms with van der Waals surface area (Å²) in [6.07, 6.45) is 1.78. The first-order chi connectivity index (χ1) is 7.57. The fourth-order valence-corrected chi connectivity index (χ4v) is 1.98. The number of hydrogen-bond donors (Lipinski definition) is 2. The number of rotatable bonds is 6. The average Bonchev–Trinajstić information content (AvgIpc) is 2.26. The second-order valence-electron chi connectivity index (χ2n) is 3.60. The van der Waals surface area contributed by atoms with Crippen molar-refractivity contribution in [3.05, 3.63) is 29.8 Å². The van der Waals surface area contributed by atoms with Gasteiger partial charge in [-0.2, -0.15) is 0 Å². The Labute approximate surface area is 96.9 Å². The molecule has 0 aliphatic heterocycles. The van der Waals surface area contributed by atoms with Crippen molar-refractivity contribution in [3.8, 4) is 0 Å². The second-order valence-corrected chi connectivity index (χ2v) is 5.61. The molecule has 90 valence electrons. The van der Waals surface area contributed by atoms with E-state index in [4.69, 9.17) is 5.73 Å². The Bertz CT molecular complexity index is 429. The molecule has 0 spiro atoms. The zero-order valence-corrected chi connectivity index (χ0v) is 10.3. The van der Waals surface area contributed by atoms with Gasteiger partial charge in [-0.1, -0.05) is 12.1 Å². The van der Waals surface area contributed by atoms with Gasteiger partial charge in [-0.05, 0) is 44.0 Å². The molecule has 0 radical (unpaired) electrons. The van der Waals surface area contributed by atoms with E-state index in [0.717, 1.165) is 18.4 Å². The summed E-state index contributed by atoms with van der Waals surface area (Å²) in [6.45, 7) is 2.26. The minimum atomic E-state index is -3.18. The summed E-state index contributed by atoms with van der Waals surface area (Å²) in [5.41, 5.74) is 7.15. The van der Waals surface area contributed by atoms with Crippen molar-refractivity contribution in [2.45, 2.75) is 19.8 Å². The maximum absolute atomic E-state index is 11.4. The van der Waals surface area contributed by atoms with Gasteiger partial charge in [0.2, 0.25) is 10.0 Å². The molecule has 5 heteroatoms. The van der Waals surface area contributed by atoms with Gasteiger partial charge in [0, 0.05) is 5.69 Å². The monoisotopic (exact) mass is 242 g/mol. The van der Waals surface area contributed by atoms with Crippen LogP contribution in [0.4, 0.5) is 5.69 Å². The zero-order chi connectivity index (χ0) is 12.0. The van der Waals surface area contributed by atoms with Crippen LogP contribution in [0.2, 0.25) is 0 Å². The molecule has 0 bridgehead atoms. The van der Waals surface area contributed by atoms with E-state index in [9.17, 15) is 8.42 Å². The normalized spacial score (nSPS) is 11.4. The predicted molar refractivity (Wildman–Crippen MR) is 66.9 cm³/mol. The van der Waals surface area contributed by atoms with Gasteiger partial charge >= 0.3 is 0 Å². The molecule has 0 unspecified atom stereocenters. The first-order valence-corrected chi connectivity index (χ1v) is 7.02. The number of nitrogens with two attached hydrogens (primary N) is 1. The summed E-state index contributed by atoms with van der Waals surface area (Å²) in [5.74, 6) is 0.0834. The molecule has 0 saturated heterocycles. The third-order valence-electron chi connectivity index (χ3n) is 2.25. The molecule has 3 N–H and O–H groups in total. The molecule has 4 nitrogen and oxygen atoms in total. The second kappa shape index (κ2) is 5.86.